The van der Waals surface area contributed by atoms with Crippen LogP contribution < -0.4 is 0 Å². The SMILES string of the molecule is CCOC(=O)c1cc(-c2csc(C3CCN(C(=O)/C=C/c4c(C)nn(C)c4Cl)CC3)n2)on1. The second-order valence-corrected chi connectivity index (χ2v) is 8.96. The molecule has 0 radical (unpaired) electrons. The van der Waals surface area contributed by atoms with Crippen molar-refractivity contribution in [1.29, 1.82) is 0 Å². The van der Waals surface area contributed by atoms with Gasteiger partial charge in [-0.3, -0.25) is 9.48 Å². The van der Waals surface area contributed by atoms with Crippen molar-refractivity contribution in [3.05, 3.63) is 44.6 Å². The largest absolute Gasteiger partial charge is 0.461 e. The number of halogens is 1. The van der Waals surface area contributed by atoms with Crippen LogP contribution in [0.5, 0.6) is 0 Å². The Morgan fingerprint density at radius 2 is 2.12 bits per heavy atom. The number of amides is 1. The van der Waals surface area contributed by atoms with Crippen LogP contribution in [-0.2, 0) is 16.6 Å². The van der Waals surface area contributed by atoms with Crippen LogP contribution in [0, 0.1) is 6.92 Å². The molecule has 4 heterocycles. The zero-order valence-electron chi connectivity index (χ0n) is 18.6. The van der Waals surface area contributed by atoms with Gasteiger partial charge in [-0.1, -0.05) is 16.8 Å². The average Bonchev–Trinajstić information content (AvgIpc) is 3.53. The molecule has 0 N–H and O–H groups in total. The highest BCUT2D eigenvalue weighted by Gasteiger charge is 2.26. The van der Waals surface area contributed by atoms with Crippen LogP contribution >= 0.6 is 22.9 Å². The predicted molar refractivity (Wildman–Crippen MR) is 124 cm³/mol. The number of aryl methyl sites for hydroxylation is 2. The number of hydrogen-bond donors (Lipinski definition) is 0. The molecule has 3 aromatic rings. The molecule has 11 heteroatoms. The van der Waals surface area contributed by atoms with Gasteiger partial charge in [0.1, 0.15) is 10.8 Å². The highest BCUT2D eigenvalue weighted by Crippen LogP contribution is 2.33. The number of carbonyl (C=O) groups is 2. The minimum Gasteiger partial charge on any atom is -0.461 e. The van der Waals surface area contributed by atoms with Crippen LogP contribution in [0.25, 0.3) is 17.5 Å². The van der Waals surface area contributed by atoms with Crippen molar-refractivity contribution in [3.8, 4) is 11.5 Å². The standard InChI is InChI=1S/C22H24ClN5O4S/c1-4-31-22(30)16-11-18(32-26-16)17-12-33-21(24-17)14-7-9-28(10-8-14)19(29)6-5-15-13(2)25-27(3)20(15)23/h5-6,11-12,14H,4,7-10H2,1-3H3/b6-5+. The average molecular weight is 490 g/mol. The lowest BCUT2D eigenvalue weighted by atomic mass is 9.97. The Morgan fingerprint density at radius 1 is 1.36 bits per heavy atom. The maximum absolute atomic E-state index is 12.6. The van der Waals surface area contributed by atoms with Gasteiger partial charge in [-0.15, -0.1) is 11.3 Å². The van der Waals surface area contributed by atoms with Gasteiger partial charge in [0.15, 0.2) is 11.5 Å². The molecule has 33 heavy (non-hydrogen) atoms. The summed E-state index contributed by atoms with van der Waals surface area (Å²) in [4.78, 5) is 30.9. The van der Waals surface area contributed by atoms with E-state index in [1.165, 1.54) is 0 Å². The van der Waals surface area contributed by atoms with Gasteiger partial charge in [-0.25, -0.2) is 9.78 Å². The van der Waals surface area contributed by atoms with Crippen molar-refractivity contribution in [2.45, 2.75) is 32.6 Å². The molecule has 4 rings (SSSR count). The molecule has 1 fully saturated rings. The van der Waals surface area contributed by atoms with E-state index < -0.39 is 5.97 Å². The first-order valence-electron chi connectivity index (χ1n) is 10.6. The van der Waals surface area contributed by atoms with E-state index in [1.807, 2.05) is 17.2 Å². The molecule has 0 atom stereocenters. The van der Waals surface area contributed by atoms with Crippen molar-refractivity contribution < 1.29 is 18.8 Å². The Bertz CT molecular complexity index is 1190. The molecule has 3 aromatic heterocycles. The molecule has 1 amide bonds. The molecule has 0 spiro atoms. The molecule has 0 saturated carbocycles. The second kappa shape index (κ2) is 9.88. The van der Waals surface area contributed by atoms with Crippen LogP contribution in [0.1, 0.15) is 52.4 Å². The lowest BCUT2D eigenvalue weighted by Gasteiger charge is -2.30. The summed E-state index contributed by atoms with van der Waals surface area (Å²) in [6.07, 6.45) is 4.93. The third-order valence-corrected chi connectivity index (χ3v) is 6.97. The molecule has 9 nitrogen and oxygen atoms in total. The minimum absolute atomic E-state index is 0.0410. The lowest BCUT2D eigenvalue weighted by molar-refractivity contribution is -0.126. The van der Waals surface area contributed by atoms with Crippen molar-refractivity contribution in [3.63, 3.8) is 0 Å². The normalized spacial score (nSPS) is 14.8. The number of ether oxygens (including phenoxy) is 1. The smallest absolute Gasteiger partial charge is 0.360 e. The Labute approximate surface area is 200 Å². The first kappa shape index (κ1) is 23.2. The summed E-state index contributed by atoms with van der Waals surface area (Å²) >= 11 is 7.78. The van der Waals surface area contributed by atoms with Crippen molar-refractivity contribution in [2.24, 2.45) is 7.05 Å². The van der Waals surface area contributed by atoms with Gasteiger partial charge in [0.2, 0.25) is 5.91 Å². The molecular weight excluding hydrogens is 466 g/mol. The first-order valence-corrected chi connectivity index (χ1v) is 11.9. The molecule has 0 aromatic carbocycles. The summed E-state index contributed by atoms with van der Waals surface area (Å²) in [5.74, 6) is 0.137. The highest BCUT2D eigenvalue weighted by atomic mass is 35.5. The number of piperidine rings is 1. The van der Waals surface area contributed by atoms with Crippen molar-refractivity contribution >= 4 is 40.9 Å². The zero-order valence-corrected chi connectivity index (χ0v) is 20.1. The van der Waals surface area contributed by atoms with Crippen LogP contribution in [0.2, 0.25) is 5.15 Å². The Morgan fingerprint density at radius 3 is 2.79 bits per heavy atom. The summed E-state index contributed by atoms with van der Waals surface area (Å²) in [5, 5.41) is 11.4. The lowest BCUT2D eigenvalue weighted by Crippen LogP contribution is -2.36. The first-order chi connectivity index (χ1) is 15.9. The number of nitrogens with zero attached hydrogens (tertiary/aromatic N) is 5. The third-order valence-electron chi connectivity index (χ3n) is 5.51. The van der Waals surface area contributed by atoms with Gasteiger partial charge in [-0.2, -0.15) is 5.10 Å². The number of esters is 1. The Balaban J connectivity index is 1.35. The molecule has 174 valence electrons. The van der Waals surface area contributed by atoms with Gasteiger partial charge >= 0.3 is 5.97 Å². The van der Waals surface area contributed by atoms with E-state index in [-0.39, 0.29) is 24.1 Å². The molecule has 0 unspecified atom stereocenters. The van der Waals surface area contributed by atoms with Gasteiger partial charge in [0.25, 0.3) is 0 Å². The Kier molecular flexibility index (Phi) is 6.94. The summed E-state index contributed by atoms with van der Waals surface area (Å²) in [6, 6.07) is 1.54. The van der Waals surface area contributed by atoms with Gasteiger partial charge in [0, 0.05) is 49.1 Å². The van der Waals surface area contributed by atoms with Crippen molar-refractivity contribution in [2.75, 3.05) is 19.7 Å². The van der Waals surface area contributed by atoms with Crippen LogP contribution in [0.3, 0.4) is 0 Å². The van der Waals surface area contributed by atoms with Gasteiger partial charge in [0.05, 0.1) is 17.3 Å². The highest BCUT2D eigenvalue weighted by molar-refractivity contribution is 7.10. The van der Waals surface area contributed by atoms with Crippen molar-refractivity contribution in [1.82, 2.24) is 24.8 Å². The minimum atomic E-state index is -0.519. The summed E-state index contributed by atoms with van der Waals surface area (Å²) in [5.41, 5.74) is 2.31. The van der Waals surface area contributed by atoms with E-state index in [9.17, 15) is 9.59 Å². The zero-order chi connectivity index (χ0) is 23.5. The maximum Gasteiger partial charge on any atom is 0.360 e. The van der Waals surface area contributed by atoms with E-state index in [0.29, 0.717) is 29.7 Å². The van der Waals surface area contributed by atoms with Crippen LogP contribution in [-0.4, -0.2) is 56.4 Å². The topological polar surface area (TPSA) is 103 Å². The molecule has 1 saturated heterocycles. The van der Waals surface area contributed by atoms with E-state index >= 15 is 0 Å². The summed E-state index contributed by atoms with van der Waals surface area (Å²) < 4.78 is 11.8. The van der Waals surface area contributed by atoms with Crippen LogP contribution in [0.4, 0.5) is 0 Å². The number of thiazole rings is 1. The molecule has 0 bridgehead atoms. The van der Waals surface area contributed by atoms with Gasteiger partial charge < -0.3 is 14.2 Å². The fourth-order valence-corrected chi connectivity index (χ4v) is 4.95. The van der Waals surface area contributed by atoms with E-state index in [0.717, 1.165) is 29.1 Å². The van der Waals surface area contributed by atoms with E-state index in [4.69, 9.17) is 20.9 Å². The molecular formula is C22H24ClN5O4S. The number of likely N-dealkylation sites (tertiary alicyclic amines) is 1. The molecule has 1 aliphatic rings. The van der Waals surface area contributed by atoms with E-state index in [1.54, 1.807) is 48.2 Å². The summed E-state index contributed by atoms with van der Waals surface area (Å²) in [7, 11) is 1.77. The fourth-order valence-electron chi connectivity index (χ4n) is 3.73. The molecule has 0 aliphatic carbocycles. The number of aromatic nitrogens is 4. The van der Waals surface area contributed by atoms with Gasteiger partial charge in [-0.05, 0) is 32.8 Å². The van der Waals surface area contributed by atoms with Crippen LogP contribution in [0.15, 0.2) is 22.0 Å². The summed E-state index contributed by atoms with van der Waals surface area (Å²) in [6.45, 7) is 5.17. The molecule has 1 aliphatic heterocycles. The monoisotopic (exact) mass is 489 g/mol. The van der Waals surface area contributed by atoms with E-state index in [2.05, 4.69) is 15.2 Å². The number of carbonyl (C=O) groups excluding carboxylic acids is 2. The quantitative estimate of drug-likeness (QED) is 0.379. The Hall–Kier alpha value is -2.98. The predicted octanol–water partition coefficient (Wildman–Crippen LogP) is 4.09. The number of hydrogen-bond acceptors (Lipinski definition) is 8. The number of rotatable bonds is 6. The maximum atomic E-state index is 12.6. The fraction of sp³-hybridized carbons (Fsp3) is 0.409. The third kappa shape index (κ3) is 5.01. The second-order valence-electron chi connectivity index (χ2n) is 7.71.